The summed E-state index contributed by atoms with van der Waals surface area (Å²) >= 11 is 0. The minimum Gasteiger partial charge on any atom is -0.353 e. The monoisotopic (exact) mass is 295 g/mol. The van der Waals surface area contributed by atoms with Gasteiger partial charge in [0.05, 0.1) is 12.2 Å². The number of pyridine rings is 1. The highest BCUT2D eigenvalue weighted by molar-refractivity contribution is 5.73. The minimum atomic E-state index is -0.154. The average Bonchev–Trinajstić information content (AvgIpc) is 3.03. The van der Waals surface area contributed by atoms with E-state index < -0.39 is 0 Å². The first kappa shape index (κ1) is 14.3. The van der Waals surface area contributed by atoms with Gasteiger partial charge in [-0.2, -0.15) is 0 Å². The van der Waals surface area contributed by atoms with E-state index in [1.54, 1.807) is 12.4 Å². The highest BCUT2D eigenvalue weighted by Gasteiger charge is 2.17. The molecular weight excluding hydrogens is 278 g/mol. The van der Waals surface area contributed by atoms with Crippen molar-refractivity contribution in [1.29, 1.82) is 0 Å². The van der Waals surface area contributed by atoms with E-state index in [2.05, 4.69) is 27.9 Å². The molecule has 0 spiro atoms. The molecule has 2 aromatic rings. The van der Waals surface area contributed by atoms with Crippen LogP contribution in [0.5, 0.6) is 0 Å². The molecule has 0 bridgehead atoms. The number of hydrogen-bond donors (Lipinski definition) is 2. The van der Waals surface area contributed by atoms with E-state index in [9.17, 15) is 4.79 Å². The summed E-state index contributed by atoms with van der Waals surface area (Å²) in [5, 5.41) is 2.74. The van der Waals surface area contributed by atoms with Crippen molar-refractivity contribution in [3.05, 3.63) is 60.4 Å². The SMILES string of the molecule is CC(=O)NCC1C=C(c2ccc(-c3ccncc3)cc2)NO1. The van der Waals surface area contributed by atoms with Gasteiger partial charge in [-0.25, -0.2) is 0 Å². The summed E-state index contributed by atoms with van der Waals surface area (Å²) in [4.78, 5) is 20.4. The normalized spacial score (nSPS) is 16.8. The van der Waals surface area contributed by atoms with Gasteiger partial charge in [0.25, 0.3) is 0 Å². The van der Waals surface area contributed by atoms with Gasteiger partial charge in [0.15, 0.2) is 0 Å². The van der Waals surface area contributed by atoms with Crippen molar-refractivity contribution < 1.29 is 9.63 Å². The quantitative estimate of drug-likeness (QED) is 0.907. The van der Waals surface area contributed by atoms with E-state index >= 15 is 0 Å². The van der Waals surface area contributed by atoms with Crippen molar-refractivity contribution in [3.63, 3.8) is 0 Å². The Morgan fingerprint density at radius 3 is 2.45 bits per heavy atom. The first-order valence-corrected chi connectivity index (χ1v) is 7.11. The molecule has 0 saturated heterocycles. The number of aromatic nitrogens is 1. The molecule has 0 saturated carbocycles. The molecular formula is C17H17N3O2. The molecule has 5 nitrogen and oxygen atoms in total. The number of rotatable bonds is 4. The molecule has 1 atom stereocenters. The molecule has 1 aliphatic heterocycles. The van der Waals surface area contributed by atoms with Crippen LogP contribution in [0.3, 0.4) is 0 Å². The Labute approximate surface area is 129 Å². The van der Waals surface area contributed by atoms with E-state index in [-0.39, 0.29) is 12.0 Å². The zero-order chi connectivity index (χ0) is 15.4. The predicted octanol–water partition coefficient (Wildman–Crippen LogP) is 2.13. The predicted molar refractivity (Wildman–Crippen MR) is 84.3 cm³/mol. The molecule has 22 heavy (non-hydrogen) atoms. The van der Waals surface area contributed by atoms with Gasteiger partial charge in [0.1, 0.15) is 6.10 Å². The van der Waals surface area contributed by atoms with Crippen molar-refractivity contribution >= 4 is 11.6 Å². The summed E-state index contributed by atoms with van der Waals surface area (Å²) in [6, 6.07) is 12.2. The maximum absolute atomic E-state index is 10.9. The maximum Gasteiger partial charge on any atom is 0.216 e. The number of nitrogens with zero attached hydrogens (tertiary/aromatic N) is 1. The lowest BCUT2D eigenvalue weighted by atomic mass is 10.0. The number of carbonyl (C=O) groups is 1. The Kier molecular flexibility index (Phi) is 4.16. The van der Waals surface area contributed by atoms with Crippen LogP contribution in [0, 0.1) is 0 Å². The zero-order valence-electron chi connectivity index (χ0n) is 12.2. The van der Waals surface area contributed by atoms with Crippen LogP contribution in [0.15, 0.2) is 54.9 Å². The molecule has 1 aromatic heterocycles. The molecule has 1 aromatic carbocycles. The van der Waals surface area contributed by atoms with Crippen LogP contribution in [0.1, 0.15) is 12.5 Å². The fraction of sp³-hybridized carbons (Fsp3) is 0.176. The fourth-order valence-corrected chi connectivity index (χ4v) is 2.28. The second-order valence-electron chi connectivity index (χ2n) is 5.09. The number of nitrogens with one attached hydrogen (secondary N) is 2. The number of benzene rings is 1. The van der Waals surface area contributed by atoms with E-state index in [4.69, 9.17) is 4.84 Å². The van der Waals surface area contributed by atoms with Crippen molar-refractivity contribution in [2.24, 2.45) is 0 Å². The molecule has 0 radical (unpaired) electrons. The third kappa shape index (κ3) is 3.32. The molecule has 1 amide bonds. The Hall–Kier alpha value is -2.66. The Morgan fingerprint density at radius 1 is 1.14 bits per heavy atom. The zero-order valence-corrected chi connectivity index (χ0v) is 12.2. The lowest BCUT2D eigenvalue weighted by Crippen LogP contribution is -2.30. The molecule has 2 N–H and O–H groups in total. The van der Waals surface area contributed by atoms with Gasteiger partial charge in [0, 0.05) is 19.3 Å². The minimum absolute atomic E-state index is 0.0628. The number of hydroxylamine groups is 1. The summed E-state index contributed by atoms with van der Waals surface area (Å²) in [5.41, 5.74) is 7.14. The molecule has 5 heteroatoms. The van der Waals surface area contributed by atoms with Crippen LogP contribution < -0.4 is 10.8 Å². The smallest absolute Gasteiger partial charge is 0.216 e. The van der Waals surface area contributed by atoms with Crippen molar-refractivity contribution in [2.75, 3.05) is 6.54 Å². The number of hydrogen-bond acceptors (Lipinski definition) is 4. The second kappa shape index (κ2) is 6.41. The van der Waals surface area contributed by atoms with Gasteiger partial charge >= 0.3 is 0 Å². The largest absolute Gasteiger partial charge is 0.353 e. The van der Waals surface area contributed by atoms with E-state index in [0.29, 0.717) is 6.54 Å². The number of carbonyl (C=O) groups excluding carboxylic acids is 1. The lowest BCUT2D eigenvalue weighted by molar-refractivity contribution is -0.119. The van der Waals surface area contributed by atoms with Gasteiger partial charge in [-0.1, -0.05) is 24.3 Å². The van der Waals surface area contributed by atoms with Crippen molar-refractivity contribution in [3.8, 4) is 11.1 Å². The van der Waals surface area contributed by atoms with Crippen LogP contribution in [-0.2, 0) is 9.63 Å². The first-order valence-electron chi connectivity index (χ1n) is 7.11. The summed E-state index contributed by atoms with van der Waals surface area (Å²) < 4.78 is 0. The second-order valence-corrected chi connectivity index (χ2v) is 5.09. The Morgan fingerprint density at radius 2 is 1.77 bits per heavy atom. The standard InChI is InChI=1S/C17H17N3O2/c1-12(21)19-11-16-10-17(20-22-16)15-4-2-13(3-5-15)14-6-8-18-9-7-14/h2-10,16,20H,11H2,1H3,(H,19,21). The molecule has 112 valence electrons. The highest BCUT2D eigenvalue weighted by atomic mass is 16.7. The molecule has 0 aliphatic carbocycles. The topological polar surface area (TPSA) is 63.2 Å². The Bertz CT molecular complexity index is 681. The van der Waals surface area contributed by atoms with Crippen LogP contribution in [0.25, 0.3) is 16.8 Å². The lowest BCUT2D eigenvalue weighted by Gasteiger charge is -2.07. The van der Waals surface area contributed by atoms with E-state index in [0.717, 1.165) is 22.4 Å². The number of amides is 1. The molecule has 0 fully saturated rings. The summed E-state index contributed by atoms with van der Waals surface area (Å²) in [7, 11) is 0. The molecule has 1 unspecified atom stereocenters. The van der Waals surface area contributed by atoms with Crippen LogP contribution in [0.2, 0.25) is 0 Å². The van der Waals surface area contributed by atoms with Crippen LogP contribution in [0.4, 0.5) is 0 Å². The maximum atomic E-state index is 10.9. The fourth-order valence-electron chi connectivity index (χ4n) is 2.28. The molecule has 3 rings (SSSR count). The third-order valence-corrected chi connectivity index (χ3v) is 3.43. The van der Waals surface area contributed by atoms with Gasteiger partial charge in [-0.05, 0) is 34.9 Å². The summed E-state index contributed by atoms with van der Waals surface area (Å²) in [6.07, 6.45) is 5.38. The summed E-state index contributed by atoms with van der Waals surface area (Å²) in [5.74, 6) is -0.0628. The van der Waals surface area contributed by atoms with Crippen molar-refractivity contribution in [1.82, 2.24) is 15.8 Å². The van der Waals surface area contributed by atoms with Gasteiger partial charge < -0.3 is 5.32 Å². The van der Waals surface area contributed by atoms with Crippen molar-refractivity contribution in [2.45, 2.75) is 13.0 Å². The highest BCUT2D eigenvalue weighted by Crippen LogP contribution is 2.23. The first-order chi connectivity index (χ1) is 10.7. The molecule has 1 aliphatic rings. The summed E-state index contributed by atoms with van der Waals surface area (Å²) in [6.45, 7) is 1.95. The van der Waals surface area contributed by atoms with Crippen LogP contribution >= 0.6 is 0 Å². The van der Waals surface area contributed by atoms with Gasteiger partial charge in [-0.3, -0.25) is 20.1 Å². The Balaban J connectivity index is 1.71. The van der Waals surface area contributed by atoms with Gasteiger partial charge in [-0.15, -0.1) is 0 Å². The average molecular weight is 295 g/mol. The van der Waals surface area contributed by atoms with E-state index in [1.807, 2.05) is 30.3 Å². The molecule has 2 heterocycles. The van der Waals surface area contributed by atoms with E-state index in [1.165, 1.54) is 6.92 Å². The third-order valence-electron chi connectivity index (χ3n) is 3.43. The van der Waals surface area contributed by atoms with Crippen LogP contribution in [-0.4, -0.2) is 23.5 Å². The van der Waals surface area contributed by atoms with Gasteiger partial charge in [0.2, 0.25) is 5.91 Å².